The number of rotatable bonds is 12. The highest BCUT2D eigenvalue weighted by Crippen LogP contribution is 2.45. The van der Waals surface area contributed by atoms with Crippen LogP contribution in [0.2, 0.25) is 0 Å². The van der Waals surface area contributed by atoms with Gasteiger partial charge in [-0.15, -0.1) is 0 Å². The average Bonchev–Trinajstić information content (AvgIpc) is 1.65. The van der Waals surface area contributed by atoms with Crippen LogP contribution >= 0.6 is 0 Å². The Morgan fingerprint density at radius 3 is 0.878 bits per heavy atom. The molecule has 0 saturated carbocycles. The third-order valence-electron chi connectivity index (χ3n) is 18.7. The number of aromatic nitrogens is 5. The highest BCUT2D eigenvalue weighted by atomic mass is 15.1. The van der Waals surface area contributed by atoms with E-state index in [0.717, 1.165) is 133 Å². The molecular weight excluding hydrogens is 1190 g/mol. The summed E-state index contributed by atoms with van der Waals surface area (Å²) in [5, 5.41) is 35.7. The summed E-state index contributed by atoms with van der Waals surface area (Å²) in [6, 6.07) is 120. The fourth-order valence-corrected chi connectivity index (χ4v) is 14.0. The molecule has 0 spiro atoms. The van der Waals surface area contributed by atoms with Gasteiger partial charge in [-0.3, -0.25) is 0 Å². The Hall–Kier alpha value is -13.8. The smallest absolute Gasteiger partial charge is 0.166 e. The van der Waals surface area contributed by atoms with Gasteiger partial charge in [0.1, 0.15) is 0 Å². The molecule has 98 heavy (non-hydrogen) atoms. The van der Waals surface area contributed by atoms with Gasteiger partial charge in [0.25, 0.3) is 0 Å². The molecule has 454 valence electrons. The summed E-state index contributed by atoms with van der Waals surface area (Å²) in [5.74, 6) is 1.13. The first-order valence-electron chi connectivity index (χ1n) is 32.5. The van der Waals surface area contributed by atoms with E-state index >= 15 is 0 Å². The first-order chi connectivity index (χ1) is 48.4. The Labute approximate surface area is 566 Å². The van der Waals surface area contributed by atoms with E-state index < -0.39 is 0 Å². The number of hydrogen-bond donors (Lipinski definition) is 0. The van der Waals surface area contributed by atoms with Crippen molar-refractivity contribution < 1.29 is 0 Å². The van der Waals surface area contributed by atoms with Crippen LogP contribution in [0.25, 0.3) is 167 Å². The van der Waals surface area contributed by atoms with Crippen LogP contribution in [-0.4, -0.2) is 24.1 Å². The van der Waals surface area contributed by atoms with E-state index in [2.05, 4.69) is 234 Å². The first-order valence-corrected chi connectivity index (χ1v) is 32.5. The van der Waals surface area contributed by atoms with Crippen molar-refractivity contribution in [3.8, 4) is 142 Å². The Morgan fingerprint density at radius 1 is 0.214 bits per heavy atom. The highest BCUT2D eigenvalue weighted by Gasteiger charge is 2.26. The molecule has 8 nitrogen and oxygen atoms in total. The monoisotopic (exact) mass is 1250 g/mol. The molecule has 0 saturated heterocycles. The van der Waals surface area contributed by atoms with E-state index in [1.54, 1.807) is 0 Å². The van der Waals surface area contributed by atoms with Gasteiger partial charge in [-0.05, 0) is 175 Å². The van der Waals surface area contributed by atoms with Crippen LogP contribution in [0.5, 0.6) is 0 Å². The number of nitriles is 3. The van der Waals surface area contributed by atoms with Crippen molar-refractivity contribution in [2.45, 2.75) is 0 Å². The zero-order valence-corrected chi connectivity index (χ0v) is 52.8. The molecule has 14 aromatic carbocycles. The van der Waals surface area contributed by atoms with Crippen LogP contribution in [0.4, 0.5) is 0 Å². The first kappa shape index (κ1) is 58.0. The molecule has 0 fully saturated rings. The largest absolute Gasteiger partial charge is 0.308 e. The van der Waals surface area contributed by atoms with Gasteiger partial charge in [0.05, 0.1) is 68.3 Å². The topological polar surface area (TPSA) is 120 Å². The van der Waals surface area contributed by atoms with Crippen LogP contribution in [0.1, 0.15) is 16.7 Å². The molecule has 0 N–H and O–H groups in total. The predicted molar refractivity (Wildman–Crippen MR) is 397 cm³/mol. The van der Waals surface area contributed by atoms with Gasteiger partial charge < -0.3 is 9.13 Å². The fraction of sp³-hybridized carbons (Fsp3) is 0. The molecule has 0 atom stereocenters. The van der Waals surface area contributed by atoms with Crippen molar-refractivity contribution in [2.75, 3.05) is 0 Å². The Balaban J connectivity index is 0.987. The van der Waals surface area contributed by atoms with Crippen LogP contribution < -0.4 is 0 Å². The number of hydrogen-bond acceptors (Lipinski definition) is 6. The molecule has 0 unspecified atom stereocenters. The van der Waals surface area contributed by atoms with Crippen LogP contribution in [-0.2, 0) is 0 Å². The molecular formula is C90H54N8. The maximum Gasteiger partial charge on any atom is 0.166 e. The summed E-state index contributed by atoms with van der Waals surface area (Å²) in [6.45, 7) is 0. The Kier molecular flexibility index (Phi) is 14.5. The molecule has 8 heteroatoms. The maximum atomic E-state index is 10.7. The normalized spacial score (nSPS) is 11.2. The second-order valence-corrected chi connectivity index (χ2v) is 24.4. The summed E-state index contributed by atoms with van der Waals surface area (Å²) in [4.78, 5) is 17.3. The van der Waals surface area contributed by atoms with E-state index in [1.807, 2.05) is 121 Å². The molecule has 3 heterocycles. The standard InChI is InChI=1S/C90H54N8/c91-55-58-19-17-30-64(47-58)70-39-45-86(97-82-41-35-66(60-21-5-1-6-22-60)49-76(82)77-50-67(36-42-83(77)97)61-23-7-2-8-24-61)80(53-70)89-94-88(75-34-16-15-33-74(75)73-32-14-13-29-72(73)57-93)95-90(96-89)81-54-71(65-31-18-20-59(48-65)56-92)40-46-87(81)98-84-43-37-68(62-25-9-3-10-26-62)51-78(84)79-52-69(38-44-85(79)98)63-27-11-4-12-28-63/h1-54H. The minimum atomic E-state index is 0.378. The average molecular weight is 1250 g/mol. The molecule has 0 bridgehead atoms. The van der Waals surface area contributed by atoms with Gasteiger partial charge in [0, 0.05) is 43.8 Å². The van der Waals surface area contributed by atoms with Crippen molar-refractivity contribution in [1.82, 2.24) is 24.1 Å². The molecule has 3 aromatic heterocycles. The molecule has 17 rings (SSSR count). The van der Waals surface area contributed by atoms with Crippen molar-refractivity contribution in [3.63, 3.8) is 0 Å². The number of nitrogens with zero attached hydrogens (tertiary/aromatic N) is 8. The van der Waals surface area contributed by atoms with Gasteiger partial charge in [0.15, 0.2) is 17.5 Å². The summed E-state index contributed by atoms with van der Waals surface area (Å²) in [6.07, 6.45) is 0. The van der Waals surface area contributed by atoms with E-state index in [9.17, 15) is 15.8 Å². The van der Waals surface area contributed by atoms with Crippen LogP contribution in [0, 0.1) is 34.0 Å². The SMILES string of the molecule is N#Cc1cccc(-c2ccc(-n3c4ccc(-c5ccccc5)cc4c4cc(-c5ccccc5)ccc43)c(-c3nc(-c4ccccc4-c4ccccc4C#N)nc(-c4cc(-c5cccc(C#N)c5)ccc4-n4c5ccc(-c6ccccc6)cc5c5cc(-c6ccccc6)ccc54)n3)c2)c1. The summed E-state index contributed by atoms with van der Waals surface area (Å²) in [7, 11) is 0. The quantitative estimate of drug-likeness (QED) is 0.120. The van der Waals surface area contributed by atoms with Gasteiger partial charge >= 0.3 is 0 Å². The molecule has 0 aliphatic heterocycles. The zero-order valence-electron chi connectivity index (χ0n) is 52.8. The lowest BCUT2D eigenvalue weighted by Gasteiger charge is -2.19. The fourth-order valence-electron chi connectivity index (χ4n) is 14.0. The third-order valence-corrected chi connectivity index (χ3v) is 18.7. The lowest BCUT2D eigenvalue weighted by Crippen LogP contribution is -2.06. The second-order valence-electron chi connectivity index (χ2n) is 24.4. The minimum absolute atomic E-state index is 0.378. The maximum absolute atomic E-state index is 10.7. The van der Waals surface area contributed by atoms with Gasteiger partial charge in [-0.25, -0.2) is 15.0 Å². The van der Waals surface area contributed by atoms with Gasteiger partial charge in [0.2, 0.25) is 0 Å². The lowest BCUT2D eigenvalue weighted by atomic mass is 9.95. The van der Waals surface area contributed by atoms with Crippen LogP contribution in [0.15, 0.2) is 328 Å². The lowest BCUT2D eigenvalue weighted by molar-refractivity contribution is 1.06. The third kappa shape index (κ3) is 10.4. The van der Waals surface area contributed by atoms with Crippen LogP contribution in [0.3, 0.4) is 0 Å². The molecule has 0 amide bonds. The van der Waals surface area contributed by atoms with Gasteiger partial charge in [-0.2, -0.15) is 15.8 Å². The second kappa shape index (κ2) is 24.6. The Bertz CT molecular complexity index is 5630. The predicted octanol–water partition coefficient (Wildman–Crippen LogP) is 22.4. The van der Waals surface area contributed by atoms with Crippen molar-refractivity contribution in [2.24, 2.45) is 0 Å². The van der Waals surface area contributed by atoms with Crippen molar-refractivity contribution >= 4 is 43.6 Å². The molecule has 0 aliphatic carbocycles. The number of fused-ring (bicyclic) bond motifs is 6. The highest BCUT2D eigenvalue weighted by molar-refractivity contribution is 6.14. The van der Waals surface area contributed by atoms with E-state index in [4.69, 9.17) is 15.0 Å². The van der Waals surface area contributed by atoms with E-state index in [-0.39, 0.29) is 0 Å². The summed E-state index contributed by atoms with van der Waals surface area (Å²) >= 11 is 0. The summed E-state index contributed by atoms with van der Waals surface area (Å²) < 4.78 is 4.66. The molecule has 0 radical (unpaired) electrons. The minimum Gasteiger partial charge on any atom is -0.308 e. The number of benzene rings is 14. The zero-order chi connectivity index (χ0) is 65.6. The molecule has 17 aromatic rings. The summed E-state index contributed by atoms with van der Waals surface area (Å²) in [5.41, 5.74) is 22.9. The van der Waals surface area contributed by atoms with E-state index in [1.165, 1.54) is 0 Å². The molecule has 0 aliphatic rings. The van der Waals surface area contributed by atoms with Crippen molar-refractivity contribution in [3.05, 3.63) is 344 Å². The van der Waals surface area contributed by atoms with E-state index in [0.29, 0.717) is 50.9 Å². The Morgan fingerprint density at radius 2 is 0.510 bits per heavy atom. The van der Waals surface area contributed by atoms with Crippen molar-refractivity contribution in [1.29, 1.82) is 15.8 Å². The van der Waals surface area contributed by atoms with Gasteiger partial charge in [-0.1, -0.05) is 224 Å².